The van der Waals surface area contributed by atoms with Crippen LogP contribution in [-0.4, -0.2) is 40.0 Å². The molecule has 1 aliphatic heterocycles. The molecule has 1 rings (SSSR count). The van der Waals surface area contributed by atoms with Gasteiger partial charge < -0.3 is 10.1 Å². The average Bonchev–Trinajstić information content (AvgIpc) is 1.85. The van der Waals surface area contributed by atoms with Gasteiger partial charge in [0.15, 0.2) is 0 Å². The first-order chi connectivity index (χ1) is 5.08. The summed E-state index contributed by atoms with van der Waals surface area (Å²) in [5, 5.41) is 7.84. The van der Waals surface area contributed by atoms with E-state index in [9.17, 15) is 8.42 Å². The Morgan fingerprint density at radius 3 is 2.67 bits per heavy atom. The van der Waals surface area contributed by atoms with E-state index < -0.39 is 10.0 Å². The normalized spacial score (nSPS) is 24.6. The second-order valence-electron chi connectivity index (χ2n) is 2.53. The summed E-state index contributed by atoms with van der Waals surface area (Å²) in [5.74, 6) is -0.0972. The molecule has 0 bridgehead atoms. The lowest BCUT2D eigenvalue weighted by atomic mass is 10.3. The van der Waals surface area contributed by atoms with Crippen LogP contribution < -0.4 is 10.5 Å². The molecule has 1 fully saturated rings. The van der Waals surface area contributed by atoms with E-state index in [1.54, 1.807) is 0 Å². The van der Waals surface area contributed by atoms with Crippen LogP contribution in [0.1, 0.15) is 0 Å². The van der Waals surface area contributed by atoms with Gasteiger partial charge in [-0.05, 0) is 0 Å². The van der Waals surface area contributed by atoms with E-state index in [2.05, 4.69) is 5.32 Å². The monoisotopic (exact) mass is 216 g/mol. The molecule has 1 heterocycles. The third-order valence-corrected chi connectivity index (χ3v) is 2.26. The molecule has 0 spiro atoms. The fraction of sp³-hybridized carbons (Fsp3) is 1.00. The van der Waals surface area contributed by atoms with Gasteiger partial charge in [0.25, 0.3) is 0 Å². The number of halogens is 1. The van der Waals surface area contributed by atoms with E-state index in [1.807, 2.05) is 0 Å². The van der Waals surface area contributed by atoms with Crippen LogP contribution in [0.5, 0.6) is 0 Å². The number of hydrogen-bond acceptors (Lipinski definition) is 4. The number of primary sulfonamides is 1. The highest BCUT2D eigenvalue weighted by Gasteiger charge is 2.18. The molecule has 74 valence electrons. The zero-order chi connectivity index (χ0) is 8.32. The highest BCUT2D eigenvalue weighted by Crippen LogP contribution is 1.97. The number of nitrogens with two attached hydrogens (primary N) is 1. The first-order valence-electron chi connectivity index (χ1n) is 3.41. The number of morpholine rings is 1. The quantitative estimate of drug-likeness (QED) is 0.600. The maximum atomic E-state index is 10.6. The molecule has 0 radical (unpaired) electrons. The molecule has 1 saturated heterocycles. The molecular formula is C5H13ClN2O3S. The summed E-state index contributed by atoms with van der Waals surface area (Å²) in [4.78, 5) is 0. The van der Waals surface area contributed by atoms with Crippen LogP contribution in [0.25, 0.3) is 0 Å². The summed E-state index contributed by atoms with van der Waals surface area (Å²) < 4.78 is 26.3. The lowest BCUT2D eigenvalue weighted by molar-refractivity contribution is 0.0430. The van der Waals surface area contributed by atoms with Crippen LogP contribution in [0, 0.1) is 0 Å². The largest absolute Gasteiger partial charge is 0.374 e. The van der Waals surface area contributed by atoms with E-state index in [-0.39, 0.29) is 24.3 Å². The number of nitrogens with one attached hydrogen (secondary N) is 1. The maximum absolute atomic E-state index is 10.6. The number of hydrogen-bond donors (Lipinski definition) is 2. The van der Waals surface area contributed by atoms with Gasteiger partial charge in [-0.1, -0.05) is 0 Å². The molecule has 0 amide bonds. The number of sulfonamides is 1. The lowest BCUT2D eigenvalue weighted by Crippen LogP contribution is -2.43. The third kappa shape index (κ3) is 4.89. The Bertz CT molecular complexity index is 213. The van der Waals surface area contributed by atoms with Crippen LogP contribution in [0.3, 0.4) is 0 Å². The van der Waals surface area contributed by atoms with Gasteiger partial charge in [-0.3, -0.25) is 0 Å². The van der Waals surface area contributed by atoms with Crippen molar-refractivity contribution in [2.24, 2.45) is 5.14 Å². The second-order valence-corrected chi connectivity index (χ2v) is 4.19. The fourth-order valence-electron chi connectivity index (χ4n) is 0.986. The lowest BCUT2D eigenvalue weighted by Gasteiger charge is -2.22. The average molecular weight is 217 g/mol. The second kappa shape index (κ2) is 4.98. The smallest absolute Gasteiger partial charge is 0.211 e. The predicted octanol–water partition coefficient (Wildman–Crippen LogP) is -1.31. The summed E-state index contributed by atoms with van der Waals surface area (Å²) in [7, 11) is -3.39. The minimum absolute atomic E-state index is 0. The summed E-state index contributed by atoms with van der Waals surface area (Å²) in [6.07, 6.45) is -0.279. The Morgan fingerprint density at radius 2 is 2.25 bits per heavy atom. The van der Waals surface area contributed by atoms with Gasteiger partial charge >= 0.3 is 0 Å². The molecule has 0 aromatic heterocycles. The van der Waals surface area contributed by atoms with Crippen LogP contribution in [0.2, 0.25) is 0 Å². The van der Waals surface area contributed by atoms with Gasteiger partial charge in [0.05, 0.1) is 18.5 Å². The van der Waals surface area contributed by atoms with E-state index in [0.717, 1.165) is 6.54 Å². The molecule has 12 heavy (non-hydrogen) atoms. The predicted molar refractivity (Wildman–Crippen MR) is 47.8 cm³/mol. The number of ether oxygens (including phenoxy) is 1. The third-order valence-electron chi connectivity index (χ3n) is 1.42. The van der Waals surface area contributed by atoms with Crippen molar-refractivity contribution in [3.8, 4) is 0 Å². The first-order valence-corrected chi connectivity index (χ1v) is 5.12. The standard InChI is InChI=1S/C5H12N2O3S.ClH/c6-11(8,9)4-5-3-7-1-2-10-5;/h5,7H,1-4H2,(H2,6,8,9);1H. The molecule has 1 unspecified atom stereocenters. The van der Waals surface area contributed by atoms with Crippen molar-refractivity contribution >= 4 is 22.4 Å². The van der Waals surface area contributed by atoms with E-state index in [0.29, 0.717) is 13.2 Å². The van der Waals surface area contributed by atoms with Crippen molar-refractivity contribution < 1.29 is 13.2 Å². The highest BCUT2D eigenvalue weighted by atomic mass is 35.5. The van der Waals surface area contributed by atoms with Gasteiger partial charge in [0, 0.05) is 13.1 Å². The molecule has 1 aliphatic rings. The molecule has 7 heteroatoms. The van der Waals surface area contributed by atoms with Gasteiger partial charge in [-0.2, -0.15) is 0 Å². The highest BCUT2D eigenvalue weighted by molar-refractivity contribution is 7.89. The zero-order valence-electron chi connectivity index (χ0n) is 6.52. The minimum Gasteiger partial charge on any atom is -0.374 e. The molecule has 0 aromatic rings. The Kier molecular flexibility index (Phi) is 5.03. The Balaban J connectivity index is 0.00000121. The van der Waals surface area contributed by atoms with Gasteiger partial charge in [0.2, 0.25) is 10.0 Å². The van der Waals surface area contributed by atoms with E-state index in [1.165, 1.54) is 0 Å². The van der Waals surface area contributed by atoms with Crippen molar-refractivity contribution in [1.29, 1.82) is 0 Å². The molecule has 0 aromatic carbocycles. The van der Waals surface area contributed by atoms with E-state index >= 15 is 0 Å². The van der Waals surface area contributed by atoms with Crippen molar-refractivity contribution in [2.75, 3.05) is 25.4 Å². The van der Waals surface area contributed by atoms with Gasteiger partial charge in [0.1, 0.15) is 0 Å². The molecule has 0 aliphatic carbocycles. The topological polar surface area (TPSA) is 81.4 Å². The summed E-state index contributed by atoms with van der Waals surface area (Å²) >= 11 is 0. The van der Waals surface area contributed by atoms with Crippen molar-refractivity contribution in [1.82, 2.24) is 5.32 Å². The maximum Gasteiger partial charge on any atom is 0.211 e. The van der Waals surface area contributed by atoms with Crippen molar-refractivity contribution in [3.63, 3.8) is 0 Å². The zero-order valence-corrected chi connectivity index (χ0v) is 8.16. The SMILES string of the molecule is Cl.NS(=O)(=O)CC1CNCCO1. The summed E-state index contributed by atoms with van der Waals surface area (Å²) in [6.45, 7) is 1.90. The molecule has 1 atom stereocenters. The van der Waals surface area contributed by atoms with Gasteiger partial charge in [-0.25, -0.2) is 13.6 Å². The molecular weight excluding hydrogens is 204 g/mol. The Labute approximate surface area is 78.1 Å². The molecule has 0 saturated carbocycles. The van der Waals surface area contributed by atoms with Crippen LogP contribution in [0.4, 0.5) is 0 Å². The van der Waals surface area contributed by atoms with Crippen molar-refractivity contribution in [3.05, 3.63) is 0 Å². The molecule has 5 nitrogen and oxygen atoms in total. The summed E-state index contributed by atoms with van der Waals surface area (Å²) in [6, 6.07) is 0. The first kappa shape index (κ1) is 12.1. The molecule has 3 N–H and O–H groups in total. The Hall–Kier alpha value is 0.120. The minimum atomic E-state index is -3.39. The summed E-state index contributed by atoms with van der Waals surface area (Å²) in [5.41, 5.74) is 0. The van der Waals surface area contributed by atoms with Crippen molar-refractivity contribution in [2.45, 2.75) is 6.10 Å². The van der Waals surface area contributed by atoms with Gasteiger partial charge in [-0.15, -0.1) is 12.4 Å². The van der Waals surface area contributed by atoms with E-state index in [4.69, 9.17) is 9.88 Å². The fourth-order valence-corrected chi connectivity index (χ4v) is 1.72. The van der Waals surface area contributed by atoms with Crippen LogP contribution >= 0.6 is 12.4 Å². The Morgan fingerprint density at radius 1 is 1.58 bits per heavy atom. The van der Waals surface area contributed by atoms with Crippen LogP contribution in [0.15, 0.2) is 0 Å². The number of rotatable bonds is 2. The van der Waals surface area contributed by atoms with Crippen LogP contribution in [-0.2, 0) is 14.8 Å².